The van der Waals surface area contributed by atoms with Gasteiger partial charge in [-0.25, -0.2) is 14.3 Å². The van der Waals surface area contributed by atoms with Gasteiger partial charge in [0.1, 0.15) is 6.54 Å². The van der Waals surface area contributed by atoms with Gasteiger partial charge in [-0.05, 0) is 73.2 Å². The number of benzene rings is 1. The third-order valence-electron chi connectivity index (χ3n) is 7.15. The second-order valence-corrected chi connectivity index (χ2v) is 9.83. The van der Waals surface area contributed by atoms with E-state index in [1.807, 2.05) is 42.1 Å². The lowest BCUT2D eigenvalue weighted by Crippen LogP contribution is -3.00. The number of pyridine rings is 2. The van der Waals surface area contributed by atoms with Crippen LogP contribution in [0.25, 0.3) is 33.7 Å². The Bertz CT molecular complexity index is 1670. The van der Waals surface area contributed by atoms with Crippen molar-refractivity contribution >= 4 is 35.0 Å². The molecule has 0 bridgehead atoms. The lowest BCUT2D eigenvalue weighted by Gasteiger charge is -2.18. The molecule has 2 aliphatic heterocycles. The summed E-state index contributed by atoms with van der Waals surface area (Å²) < 4.78 is 5.34. The molecule has 4 heterocycles. The van der Waals surface area contributed by atoms with Crippen LogP contribution >= 0.6 is 24.0 Å². The highest BCUT2D eigenvalue weighted by atomic mass is 127. The third kappa shape index (κ3) is 6.76. The molecule has 0 spiro atoms. The Balaban J connectivity index is 0.00000220. The molecule has 0 aliphatic carbocycles. The highest BCUT2D eigenvalue weighted by molar-refractivity contribution is 14.0. The molecule has 0 N–H and O–H groups in total. The predicted molar refractivity (Wildman–Crippen MR) is 164 cm³/mol. The molecular weight excluding hydrogens is 730 g/mol. The summed E-state index contributed by atoms with van der Waals surface area (Å²) in [5.41, 5.74) is 5.58. The molecule has 5 rings (SSSR count). The summed E-state index contributed by atoms with van der Waals surface area (Å²) in [4.78, 5) is 39.5. The molecule has 0 fully saturated rings. The minimum Gasteiger partial charge on any atom is -1.00 e. The highest BCUT2D eigenvalue weighted by Gasteiger charge is 2.21. The van der Waals surface area contributed by atoms with Crippen LogP contribution < -0.4 is 39.8 Å². The van der Waals surface area contributed by atoms with E-state index in [0.717, 1.165) is 59.1 Å². The van der Waals surface area contributed by atoms with Gasteiger partial charge in [0.15, 0.2) is 23.9 Å². The number of hydrogen-bond donors (Lipinski definition) is 0. The lowest BCUT2D eigenvalue weighted by atomic mass is 10.1. The van der Waals surface area contributed by atoms with Gasteiger partial charge in [-0.1, -0.05) is 13.3 Å². The molecule has 1 aromatic carbocycles. The number of unbranched alkanes of at least 4 members (excludes halogenated alkanes) is 2. The van der Waals surface area contributed by atoms with Crippen molar-refractivity contribution in [2.45, 2.75) is 66.1 Å². The molecule has 8 nitrogen and oxygen atoms in total. The number of aromatic nitrogens is 6. The van der Waals surface area contributed by atoms with E-state index in [1.165, 1.54) is 4.57 Å². The Morgan fingerprint density at radius 2 is 1.48 bits per heavy atom. The molecule has 0 saturated heterocycles. The maximum Gasteiger partial charge on any atom is 0.352 e. The summed E-state index contributed by atoms with van der Waals surface area (Å²) in [7, 11) is 0. The van der Waals surface area contributed by atoms with Crippen molar-refractivity contribution in [3.05, 3.63) is 93.2 Å². The fourth-order valence-corrected chi connectivity index (χ4v) is 4.77. The molecule has 2 aliphatic rings. The minimum atomic E-state index is -0.507. The van der Waals surface area contributed by atoms with Crippen molar-refractivity contribution in [3.63, 3.8) is 0 Å². The van der Waals surface area contributed by atoms with Crippen LogP contribution in [0, 0.1) is 13.8 Å². The van der Waals surface area contributed by atoms with E-state index in [0.29, 0.717) is 25.3 Å². The van der Waals surface area contributed by atoms with Crippen molar-refractivity contribution in [3.8, 4) is 22.6 Å². The van der Waals surface area contributed by atoms with Crippen LogP contribution in [0.2, 0.25) is 0 Å². The number of hydrogen-bond acceptors (Lipinski definition) is 5. The molecule has 0 amide bonds. The van der Waals surface area contributed by atoms with Gasteiger partial charge in [0, 0.05) is 44.0 Å². The van der Waals surface area contributed by atoms with Crippen LogP contribution in [0.3, 0.4) is 0 Å². The number of halogens is 2. The van der Waals surface area contributed by atoms with Crippen LogP contribution in [0.5, 0.6) is 0 Å². The molecule has 40 heavy (non-hydrogen) atoms. The van der Waals surface area contributed by atoms with Crippen LogP contribution in [-0.4, -0.2) is 24.1 Å². The normalized spacial score (nSPS) is 10.9. The van der Waals surface area contributed by atoms with E-state index in [9.17, 15) is 9.59 Å². The molecule has 2 aromatic heterocycles. The standard InChI is InChI=1S/C30H33N6O2.2HI/c1-4-5-15-35-26-20-22(3)21(2)19-25(26)32-27-28(35)33-30(38)36(29(27)37)16-7-6-14-34-17-10-24(11-18-34)23-8-12-31-13-9-23;;/h8-13,17-20H,4-7,14-16H2,1-3H3;2*1H/q+1;;/p-1. The van der Waals surface area contributed by atoms with Crippen LogP contribution in [-0.2, 0) is 19.6 Å². The predicted octanol–water partition coefficient (Wildman–Crippen LogP) is 1.93. The van der Waals surface area contributed by atoms with Crippen molar-refractivity contribution in [1.29, 1.82) is 0 Å². The first-order chi connectivity index (χ1) is 18.5. The Morgan fingerprint density at radius 3 is 2.17 bits per heavy atom. The van der Waals surface area contributed by atoms with Crippen molar-refractivity contribution in [2.24, 2.45) is 0 Å². The summed E-state index contributed by atoms with van der Waals surface area (Å²) in [6, 6.07) is 12.2. The number of aryl methyl sites for hydroxylation is 4. The van der Waals surface area contributed by atoms with Gasteiger partial charge in [-0.15, -0.1) is 24.0 Å². The summed E-state index contributed by atoms with van der Waals surface area (Å²) in [6.07, 6.45) is 11.1. The Morgan fingerprint density at radius 1 is 0.825 bits per heavy atom. The fraction of sp³-hybridized carbons (Fsp3) is 0.333. The maximum absolute atomic E-state index is 13.4. The van der Waals surface area contributed by atoms with Crippen molar-refractivity contribution in [2.75, 3.05) is 0 Å². The number of nitrogens with zero attached hydrogens (tertiary/aromatic N) is 6. The molecular formula is C30H34I2N6O2. The first kappa shape index (κ1) is 31.8. The van der Waals surface area contributed by atoms with E-state index in [-0.39, 0.29) is 59.2 Å². The molecule has 0 radical (unpaired) electrons. The smallest absolute Gasteiger partial charge is 0.352 e. The van der Waals surface area contributed by atoms with Crippen LogP contribution in [0.4, 0.5) is 0 Å². The average molecular weight is 764 g/mol. The molecule has 0 atom stereocenters. The second-order valence-electron chi connectivity index (χ2n) is 9.83. The lowest BCUT2D eigenvalue weighted by molar-refractivity contribution is -0.697. The first-order valence-corrected chi connectivity index (χ1v) is 13.3. The topological polar surface area (TPSA) is 86.5 Å². The monoisotopic (exact) mass is 764 g/mol. The third-order valence-corrected chi connectivity index (χ3v) is 7.15. The number of rotatable bonds is 9. The molecule has 0 saturated carbocycles. The highest BCUT2D eigenvalue weighted by Crippen LogP contribution is 2.24. The van der Waals surface area contributed by atoms with E-state index < -0.39 is 5.69 Å². The molecule has 3 aromatic rings. The van der Waals surface area contributed by atoms with Gasteiger partial charge in [-0.2, -0.15) is 4.98 Å². The van der Waals surface area contributed by atoms with Crippen LogP contribution in [0.15, 0.2) is 70.8 Å². The maximum atomic E-state index is 13.4. The zero-order valence-electron chi connectivity index (χ0n) is 23.0. The van der Waals surface area contributed by atoms with Gasteiger partial charge < -0.3 is 28.5 Å². The first-order valence-electron chi connectivity index (χ1n) is 13.3. The SMILES string of the molecule is CCCCn1c2nc(=O)n(CCCC[n+]3ccc(-c4ccncc4)cc3)c(=O)c-2nc2cc(C)c(C)cc21.I.[I-]. The minimum absolute atomic E-state index is 0. The summed E-state index contributed by atoms with van der Waals surface area (Å²) >= 11 is 0. The number of fused-ring (bicyclic) bond motifs is 2. The zero-order chi connectivity index (χ0) is 26.6. The van der Waals surface area contributed by atoms with E-state index in [2.05, 4.69) is 46.6 Å². The Kier molecular flexibility index (Phi) is 11.3. The van der Waals surface area contributed by atoms with E-state index >= 15 is 0 Å². The van der Waals surface area contributed by atoms with Crippen molar-refractivity contribution in [1.82, 2.24) is 24.1 Å². The fourth-order valence-electron chi connectivity index (χ4n) is 4.77. The Labute approximate surface area is 267 Å². The molecule has 10 heteroatoms. The molecule has 210 valence electrons. The zero-order valence-corrected chi connectivity index (χ0v) is 27.5. The van der Waals surface area contributed by atoms with Gasteiger partial charge >= 0.3 is 5.69 Å². The largest absolute Gasteiger partial charge is 1.00 e. The Hall–Kier alpha value is -2.74. The van der Waals surface area contributed by atoms with Gasteiger partial charge in [-0.3, -0.25) is 14.3 Å². The second kappa shape index (κ2) is 14.2. The van der Waals surface area contributed by atoms with Gasteiger partial charge in [0.05, 0.1) is 11.0 Å². The van der Waals surface area contributed by atoms with E-state index in [4.69, 9.17) is 4.98 Å². The van der Waals surface area contributed by atoms with E-state index in [1.54, 1.807) is 12.4 Å². The van der Waals surface area contributed by atoms with Gasteiger partial charge in [0.25, 0.3) is 5.56 Å². The summed E-state index contributed by atoms with van der Waals surface area (Å²) in [6.45, 7) is 8.01. The van der Waals surface area contributed by atoms with Crippen LogP contribution in [0.1, 0.15) is 43.7 Å². The quantitative estimate of drug-likeness (QED) is 0.0993. The average Bonchev–Trinajstić information content (AvgIpc) is 2.93. The molecule has 0 unspecified atom stereocenters. The van der Waals surface area contributed by atoms with Crippen molar-refractivity contribution < 1.29 is 28.5 Å². The summed E-state index contributed by atoms with van der Waals surface area (Å²) in [5, 5.41) is 0. The van der Waals surface area contributed by atoms with Gasteiger partial charge in [0.2, 0.25) is 0 Å². The summed E-state index contributed by atoms with van der Waals surface area (Å²) in [5.74, 6) is 0.380.